The standard InChI is InChI=1S/C12H16O9S/c13-21-19-10-7-17-8-11(20-22(14,15)16)12(10)18-6-9-4-2-1-3-5-9/h1-5,10-13H,6-8H2,(H,14,15,16)/t10-,11?,12-/m1/s1. The van der Waals surface area contributed by atoms with Crippen LogP contribution in [0.5, 0.6) is 0 Å². The van der Waals surface area contributed by atoms with Crippen molar-refractivity contribution in [3.63, 3.8) is 0 Å². The van der Waals surface area contributed by atoms with Crippen LogP contribution < -0.4 is 0 Å². The van der Waals surface area contributed by atoms with Crippen molar-refractivity contribution in [1.29, 1.82) is 0 Å². The highest BCUT2D eigenvalue weighted by Gasteiger charge is 2.40. The van der Waals surface area contributed by atoms with Gasteiger partial charge in [-0.2, -0.15) is 13.3 Å². The first-order valence-electron chi connectivity index (χ1n) is 6.35. The van der Waals surface area contributed by atoms with Crippen molar-refractivity contribution in [2.24, 2.45) is 0 Å². The van der Waals surface area contributed by atoms with Gasteiger partial charge in [-0.15, -0.1) is 0 Å². The van der Waals surface area contributed by atoms with E-state index in [1.807, 2.05) is 30.3 Å². The van der Waals surface area contributed by atoms with Crippen molar-refractivity contribution in [2.75, 3.05) is 13.2 Å². The van der Waals surface area contributed by atoms with E-state index >= 15 is 0 Å². The fraction of sp³-hybridized carbons (Fsp3) is 0.500. The van der Waals surface area contributed by atoms with Crippen molar-refractivity contribution in [2.45, 2.75) is 24.9 Å². The molecule has 1 aliphatic rings. The van der Waals surface area contributed by atoms with Crippen LogP contribution in [0.4, 0.5) is 0 Å². The highest BCUT2D eigenvalue weighted by molar-refractivity contribution is 7.80. The van der Waals surface area contributed by atoms with Gasteiger partial charge in [0.1, 0.15) is 18.3 Å². The predicted octanol–water partition coefficient (Wildman–Crippen LogP) is 0.580. The SMILES string of the molecule is O=S(=O)(O)OC1COC[C@@H](OOO)[C@H]1OCc1ccccc1. The minimum atomic E-state index is -4.70. The van der Waals surface area contributed by atoms with Gasteiger partial charge in [-0.1, -0.05) is 35.4 Å². The number of hydrogen-bond donors (Lipinski definition) is 2. The van der Waals surface area contributed by atoms with Crippen LogP contribution in [0.15, 0.2) is 30.3 Å². The lowest BCUT2D eigenvalue weighted by atomic mass is 10.1. The van der Waals surface area contributed by atoms with E-state index in [4.69, 9.17) is 19.3 Å². The van der Waals surface area contributed by atoms with E-state index in [9.17, 15) is 8.42 Å². The van der Waals surface area contributed by atoms with Crippen LogP contribution in [0.2, 0.25) is 0 Å². The van der Waals surface area contributed by atoms with Crippen LogP contribution in [-0.4, -0.2) is 49.8 Å². The minimum Gasteiger partial charge on any atom is -0.376 e. The first kappa shape index (κ1) is 17.2. The van der Waals surface area contributed by atoms with Crippen LogP contribution in [0.3, 0.4) is 0 Å². The van der Waals surface area contributed by atoms with Gasteiger partial charge < -0.3 is 9.47 Å². The maximum absolute atomic E-state index is 10.9. The Bertz CT molecular complexity index is 545. The van der Waals surface area contributed by atoms with Crippen LogP contribution in [0.25, 0.3) is 0 Å². The lowest BCUT2D eigenvalue weighted by Crippen LogP contribution is -2.52. The van der Waals surface area contributed by atoms with Crippen LogP contribution >= 0.6 is 0 Å². The smallest absolute Gasteiger partial charge is 0.376 e. The average Bonchev–Trinajstić information content (AvgIpc) is 2.46. The van der Waals surface area contributed by atoms with Gasteiger partial charge in [0.15, 0.2) is 0 Å². The molecule has 3 atom stereocenters. The highest BCUT2D eigenvalue weighted by atomic mass is 32.3. The summed E-state index contributed by atoms with van der Waals surface area (Å²) in [6.07, 6.45) is -3.02. The Morgan fingerprint density at radius 3 is 2.50 bits per heavy atom. The van der Waals surface area contributed by atoms with Gasteiger partial charge in [-0.05, 0) is 5.56 Å². The van der Waals surface area contributed by atoms with Gasteiger partial charge >= 0.3 is 10.4 Å². The molecule has 1 aliphatic heterocycles. The summed E-state index contributed by atoms with van der Waals surface area (Å²) in [5.74, 6) is 0. The lowest BCUT2D eigenvalue weighted by Gasteiger charge is -2.34. The third kappa shape index (κ3) is 5.26. The molecule has 0 bridgehead atoms. The van der Waals surface area contributed by atoms with Gasteiger partial charge in [0.25, 0.3) is 0 Å². The van der Waals surface area contributed by atoms with Crippen molar-refractivity contribution in [3.05, 3.63) is 35.9 Å². The van der Waals surface area contributed by atoms with Gasteiger partial charge in [-0.3, -0.25) is 4.55 Å². The molecule has 0 aromatic heterocycles. The molecular formula is C12H16O9S. The molecule has 1 aromatic rings. The molecule has 1 saturated heterocycles. The molecule has 1 fully saturated rings. The summed E-state index contributed by atoms with van der Waals surface area (Å²) in [5, 5.41) is 12.0. The Morgan fingerprint density at radius 1 is 1.18 bits per heavy atom. The Balaban J connectivity index is 2.06. The molecule has 0 saturated carbocycles. The normalized spacial score (nSPS) is 26.0. The topological polar surface area (TPSA) is 121 Å². The van der Waals surface area contributed by atoms with Gasteiger partial charge in [0.2, 0.25) is 0 Å². The van der Waals surface area contributed by atoms with Crippen molar-refractivity contribution in [1.82, 2.24) is 0 Å². The summed E-state index contributed by atoms with van der Waals surface area (Å²) in [4.78, 5) is 4.58. The number of rotatable bonds is 7. The van der Waals surface area contributed by atoms with Crippen molar-refractivity contribution < 1.29 is 41.8 Å². The Hall–Kier alpha value is -1.11. The molecule has 0 aliphatic carbocycles. The van der Waals surface area contributed by atoms with Crippen LogP contribution in [-0.2, 0) is 40.6 Å². The molecule has 124 valence electrons. The molecule has 22 heavy (non-hydrogen) atoms. The number of ether oxygens (including phenoxy) is 2. The zero-order chi connectivity index (χ0) is 16.0. The molecule has 1 heterocycles. The second kappa shape index (κ2) is 7.94. The van der Waals surface area contributed by atoms with E-state index in [-0.39, 0.29) is 19.8 Å². The molecular weight excluding hydrogens is 320 g/mol. The Labute approximate surface area is 127 Å². The summed E-state index contributed by atoms with van der Waals surface area (Å²) < 4.78 is 45.8. The molecule has 0 spiro atoms. The largest absolute Gasteiger partial charge is 0.397 e. The quantitative estimate of drug-likeness (QED) is 0.418. The number of benzene rings is 1. The van der Waals surface area contributed by atoms with E-state index in [0.29, 0.717) is 0 Å². The van der Waals surface area contributed by atoms with Crippen molar-refractivity contribution in [3.8, 4) is 0 Å². The second-order valence-corrected chi connectivity index (χ2v) is 5.62. The predicted molar refractivity (Wildman–Crippen MR) is 70.8 cm³/mol. The van der Waals surface area contributed by atoms with Gasteiger partial charge in [-0.25, -0.2) is 9.44 Å². The summed E-state index contributed by atoms with van der Waals surface area (Å²) in [7, 11) is -4.70. The van der Waals surface area contributed by atoms with Crippen LogP contribution in [0, 0.1) is 0 Å². The second-order valence-electron chi connectivity index (χ2n) is 4.57. The third-order valence-electron chi connectivity index (χ3n) is 2.99. The minimum absolute atomic E-state index is 0.00858. The van der Waals surface area contributed by atoms with Gasteiger partial charge in [0.05, 0.1) is 19.8 Å². The van der Waals surface area contributed by atoms with E-state index in [0.717, 1.165) is 5.56 Å². The molecule has 2 N–H and O–H groups in total. The van der Waals surface area contributed by atoms with E-state index in [1.54, 1.807) is 0 Å². The van der Waals surface area contributed by atoms with Gasteiger partial charge in [0, 0.05) is 0 Å². The maximum atomic E-state index is 10.9. The average molecular weight is 336 g/mol. The molecule has 0 radical (unpaired) electrons. The zero-order valence-electron chi connectivity index (χ0n) is 11.4. The lowest BCUT2D eigenvalue weighted by molar-refractivity contribution is -0.517. The first-order chi connectivity index (χ1) is 10.5. The van der Waals surface area contributed by atoms with E-state index < -0.39 is 28.7 Å². The summed E-state index contributed by atoms with van der Waals surface area (Å²) in [6.45, 7) is -0.00197. The first-order valence-corrected chi connectivity index (χ1v) is 7.72. The molecule has 0 amide bonds. The molecule has 10 heteroatoms. The third-order valence-corrected chi connectivity index (χ3v) is 3.48. The summed E-state index contributed by atoms with van der Waals surface area (Å²) in [5.41, 5.74) is 0.836. The summed E-state index contributed by atoms with van der Waals surface area (Å²) in [6, 6.07) is 9.11. The summed E-state index contributed by atoms with van der Waals surface area (Å²) >= 11 is 0. The molecule has 2 rings (SSSR count). The molecule has 1 unspecified atom stereocenters. The number of hydrogen-bond acceptors (Lipinski definition) is 8. The maximum Gasteiger partial charge on any atom is 0.397 e. The monoisotopic (exact) mass is 336 g/mol. The Morgan fingerprint density at radius 2 is 1.86 bits per heavy atom. The van der Waals surface area contributed by atoms with E-state index in [2.05, 4.69) is 14.1 Å². The van der Waals surface area contributed by atoms with E-state index in [1.165, 1.54) is 0 Å². The fourth-order valence-electron chi connectivity index (χ4n) is 2.09. The van der Waals surface area contributed by atoms with Crippen LogP contribution in [0.1, 0.15) is 5.56 Å². The fourth-order valence-corrected chi connectivity index (χ4v) is 2.56. The molecule has 1 aromatic carbocycles. The molecule has 9 nitrogen and oxygen atoms in total. The Kier molecular flexibility index (Phi) is 6.23. The highest BCUT2D eigenvalue weighted by Crippen LogP contribution is 2.21. The van der Waals surface area contributed by atoms with Crippen molar-refractivity contribution >= 4 is 10.4 Å². The zero-order valence-corrected chi connectivity index (χ0v) is 12.2.